The molecule has 0 spiro atoms. The van der Waals surface area contributed by atoms with E-state index in [-0.39, 0.29) is 118 Å². The smallest absolute Gasteiger partial charge is 0.726 e. The van der Waals surface area contributed by atoms with Crippen molar-refractivity contribution in [3.63, 3.8) is 0 Å². The van der Waals surface area contributed by atoms with Gasteiger partial charge in [0, 0.05) is 7.11 Å². The van der Waals surface area contributed by atoms with Crippen LogP contribution < -0.4 is 118 Å². The summed E-state index contributed by atoms with van der Waals surface area (Å²) < 4.78 is 155. The Balaban J connectivity index is -0.00000105. The molecule has 0 radical (unpaired) electrons. The van der Waals surface area contributed by atoms with Crippen LogP contribution in [-0.2, 0) is 67.8 Å². The molecule has 33 heavy (non-hydrogen) atoms. The van der Waals surface area contributed by atoms with E-state index in [1.54, 1.807) is 0 Å². The molecule has 5 atom stereocenters. The van der Waals surface area contributed by atoms with E-state index in [2.05, 4.69) is 21.5 Å². The number of hydrogen-bond acceptors (Lipinski definition) is 18. The summed E-state index contributed by atoms with van der Waals surface area (Å²) in [6, 6.07) is 0. The second-order valence-corrected chi connectivity index (χ2v) is 8.96. The van der Waals surface area contributed by atoms with Crippen LogP contribution in [0, 0.1) is 0 Å². The Bertz CT molecular complexity index is 994. The second kappa shape index (κ2) is 17.2. The van der Waals surface area contributed by atoms with Crippen molar-refractivity contribution in [3.8, 4) is 0 Å². The van der Waals surface area contributed by atoms with Gasteiger partial charge in [-0.3, -0.25) is 16.7 Å². The average molecular weight is 602 g/mol. The molecule has 1 heterocycles. The van der Waals surface area contributed by atoms with Gasteiger partial charge in [-0.25, -0.2) is 33.7 Å². The summed E-state index contributed by atoms with van der Waals surface area (Å²) in [6.07, 6.45) is -12.3. The molecule has 18 nitrogen and oxygen atoms in total. The standard InChI is InChI=1S/C7H14O18S4.4Na/c1-20-7-6(25-29(17,18)19)5(24-28(14,15)16)4(23-27(11,12)13)3(22-7)2-21-26(8,9)10;;;;/h3-7H,2H2,1H3,(H,8,9,10)(H,11,12,13)(H,14,15,16)(H,17,18,19);;;;/q;4*+1/p-4/t3-,4+,5+,6-,7+;;;;/m1..../s1. The molecular formula is C7H10Na4O18S4. The Kier molecular flexibility index (Phi) is 22.6. The van der Waals surface area contributed by atoms with Crippen molar-refractivity contribution in [3.05, 3.63) is 0 Å². The SMILES string of the molecule is CO[C@H]1O[C@H](COS(=O)(=O)[O-])[C@H](OS(=O)(=O)[O-])[C@H](OS(=O)(=O)[O-])[C@H]1OS(=O)(=O)[O-].[Na+].[Na+].[Na+].[Na+]. The Morgan fingerprint density at radius 3 is 1.33 bits per heavy atom. The summed E-state index contributed by atoms with van der Waals surface area (Å²) in [5.41, 5.74) is 0. The van der Waals surface area contributed by atoms with Crippen LogP contribution in [0.3, 0.4) is 0 Å². The molecule has 0 N–H and O–H groups in total. The first-order chi connectivity index (χ1) is 12.8. The zero-order chi connectivity index (χ0) is 22.8. The fourth-order valence-corrected chi connectivity index (χ4v) is 3.86. The van der Waals surface area contributed by atoms with Gasteiger partial charge in [0.15, 0.2) is 12.4 Å². The van der Waals surface area contributed by atoms with E-state index in [0.29, 0.717) is 0 Å². The Morgan fingerprint density at radius 2 is 1.00 bits per heavy atom. The maximum absolute atomic E-state index is 10.9. The van der Waals surface area contributed by atoms with E-state index in [4.69, 9.17) is 4.74 Å². The van der Waals surface area contributed by atoms with Crippen LogP contribution in [0.5, 0.6) is 0 Å². The summed E-state index contributed by atoms with van der Waals surface area (Å²) >= 11 is 0. The van der Waals surface area contributed by atoms with Crippen molar-refractivity contribution in [2.45, 2.75) is 30.7 Å². The van der Waals surface area contributed by atoms with E-state index in [1.165, 1.54) is 0 Å². The predicted octanol–water partition coefficient (Wildman–Crippen LogP) is -16.6. The van der Waals surface area contributed by atoms with Crippen molar-refractivity contribution >= 4 is 41.6 Å². The van der Waals surface area contributed by atoms with Crippen LogP contribution in [0.25, 0.3) is 0 Å². The van der Waals surface area contributed by atoms with E-state index < -0.39 is 78.9 Å². The molecule has 0 unspecified atom stereocenters. The van der Waals surface area contributed by atoms with Crippen molar-refractivity contribution in [2.24, 2.45) is 0 Å². The number of ether oxygens (including phenoxy) is 2. The largest absolute Gasteiger partial charge is 1.00 e. The molecule has 0 aromatic heterocycles. The molecule has 1 fully saturated rings. The van der Waals surface area contributed by atoms with E-state index in [1.807, 2.05) is 0 Å². The van der Waals surface area contributed by atoms with Gasteiger partial charge in [0.25, 0.3) is 0 Å². The molecule has 1 aliphatic heterocycles. The van der Waals surface area contributed by atoms with Crippen LogP contribution in [0.15, 0.2) is 0 Å². The fraction of sp³-hybridized carbons (Fsp3) is 1.00. The third-order valence-corrected chi connectivity index (χ3v) is 4.69. The van der Waals surface area contributed by atoms with E-state index >= 15 is 0 Å². The molecule has 0 aromatic carbocycles. The minimum atomic E-state index is -5.83. The van der Waals surface area contributed by atoms with Crippen molar-refractivity contribution in [1.82, 2.24) is 0 Å². The quantitative estimate of drug-likeness (QED) is 0.127. The van der Waals surface area contributed by atoms with Crippen LogP contribution in [0.1, 0.15) is 0 Å². The van der Waals surface area contributed by atoms with Gasteiger partial charge < -0.3 is 27.7 Å². The maximum Gasteiger partial charge on any atom is 1.00 e. The molecular weight excluding hydrogens is 592 g/mol. The fourth-order valence-electron chi connectivity index (χ4n) is 2.09. The first-order valence-electron chi connectivity index (χ1n) is 6.52. The molecule has 0 amide bonds. The molecule has 1 saturated heterocycles. The Hall–Kier alpha value is 3.40. The first-order valence-corrected chi connectivity index (χ1v) is 11.9. The monoisotopic (exact) mass is 602 g/mol. The zero-order valence-corrected chi connectivity index (χ0v) is 28.8. The molecule has 0 aromatic rings. The molecule has 1 aliphatic rings. The van der Waals surface area contributed by atoms with Crippen LogP contribution in [0.2, 0.25) is 0 Å². The van der Waals surface area contributed by atoms with Gasteiger partial charge in [0.1, 0.15) is 18.3 Å². The summed E-state index contributed by atoms with van der Waals surface area (Å²) in [4.78, 5) is 0. The molecule has 174 valence electrons. The second-order valence-electron chi connectivity index (χ2n) is 4.88. The van der Waals surface area contributed by atoms with Crippen molar-refractivity contribution < 1.29 is 196 Å². The third-order valence-electron chi connectivity index (χ3n) is 2.89. The van der Waals surface area contributed by atoms with Gasteiger partial charge in [-0.1, -0.05) is 0 Å². The van der Waals surface area contributed by atoms with Crippen LogP contribution in [0.4, 0.5) is 0 Å². The van der Waals surface area contributed by atoms with Gasteiger partial charge in [0.05, 0.1) is 6.61 Å². The minimum Gasteiger partial charge on any atom is -0.726 e. The molecule has 0 aliphatic carbocycles. The summed E-state index contributed by atoms with van der Waals surface area (Å²) in [5.74, 6) is 0. The van der Waals surface area contributed by atoms with Crippen LogP contribution in [-0.4, -0.2) is 96.3 Å². The summed E-state index contributed by atoms with van der Waals surface area (Å²) in [7, 11) is -22.1. The predicted molar refractivity (Wildman–Crippen MR) is 75.0 cm³/mol. The molecule has 0 saturated carbocycles. The van der Waals surface area contributed by atoms with Crippen LogP contribution >= 0.6 is 0 Å². The minimum absolute atomic E-state index is 0. The first kappa shape index (κ1) is 43.5. The van der Waals surface area contributed by atoms with Gasteiger partial charge in [-0.15, -0.1) is 0 Å². The van der Waals surface area contributed by atoms with Crippen molar-refractivity contribution in [1.29, 1.82) is 0 Å². The normalized spacial score (nSPS) is 26.0. The molecule has 1 rings (SSSR count). The third kappa shape index (κ3) is 18.3. The van der Waals surface area contributed by atoms with Gasteiger partial charge in [0.2, 0.25) is 41.6 Å². The Morgan fingerprint density at radius 1 is 0.636 bits per heavy atom. The Labute approximate surface area is 278 Å². The maximum atomic E-state index is 10.9. The van der Waals surface area contributed by atoms with Crippen molar-refractivity contribution in [2.75, 3.05) is 13.7 Å². The molecule has 0 bridgehead atoms. The molecule has 26 heteroatoms. The summed E-state index contributed by atoms with van der Waals surface area (Å²) in [5, 5.41) is 0. The van der Waals surface area contributed by atoms with E-state index in [9.17, 15) is 51.9 Å². The number of rotatable bonds is 10. The van der Waals surface area contributed by atoms with E-state index in [0.717, 1.165) is 7.11 Å². The number of methoxy groups -OCH3 is 1. The number of hydrogen-bond donors (Lipinski definition) is 0. The summed E-state index contributed by atoms with van der Waals surface area (Å²) in [6.45, 7) is -1.46. The topological polar surface area (TPSA) is 284 Å². The van der Waals surface area contributed by atoms with Gasteiger partial charge >= 0.3 is 118 Å². The average Bonchev–Trinajstić information content (AvgIpc) is 2.44. The van der Waals surface area contributed by atoms with Gasteiger partial charge in [-0.05, 0) is 0 Å². The van der Waals surface area contributed by atoms with Gasteiger partial charge in [-0.2, -0.15) is 0 Å². The zero-order valence-electron chi connectivity index (χ0n) is 17.6.